The van der Waals surface area contributed by atoms with Gasteiger partial charge in [-0.05, 0) is 70.8 Å². The zero-order valence-electron chi connectivity index (χ0n) is 19.4. The Balaban J connectivity index is 1.42. The Kier molecular flexibility index (Phi) is 7.38. The third-order valence-corrected chi connectivity index (χ3v) is 5.48. The molecule has 4 aromatic rings. The van der Waals surface area contributed by atoms with Crippen molar-refractivity contribution in [3.63, 3.8) is 0 Å². The van der Waals surface area contributed by atoms with Crippen molar-refractivity contribution >= 4 is 11.4 Å². The average molecular weight is 465 g/mol. The highest BCUT2D eigenvalue weighted by molar-refractivity contribution is 5.72. The molecular formula is C30H28N2O3. The van der Waals surface area contributed by atoms with E-state index in [-0.39, 0.29) is 11.5 Å². The van der Waals surface area contributed by atoms with Gasteiger partial charge >= 0.3 is 0 Å². The highest BCUT2D eigenvalue weighted by Gasteiger charge is 2.07. The van der Waals surface area contributed by atoms with Gasteiger partial charge < -0.3 is 25.6 Å². The molecule has 0 amide bonds. The predicted molar refractivity (Wildman–Crippen MR) is 145 cm³/mol. The van der Waals surface area contributed by atoms with Crippen molar-refractivity contribution < 1.29 is 14.9 Å². The molecule has 0 atom stereocenters. The van der Waals surface area contributed by atoms with Gasteiger partial charge in [0.25, 0.3) is 0 Å². The predicted octanol–water partition coefficient (Wildman–Crippen LogP) is 7.42. The van der Waals surface area contributed by atoms with Gasteiger partial charge in [-0.25, -0.2) is 0 Å². The van der Waals surface area contributed by atoms with E-state index >= 15 is 0 Å². The summed E-state index contributed by atoms with van der Waals surface area (Å²) in [5.41, 5.74) is 5.13. The lowest BCUT2D eigenvalue weighted by Gasteiger charge is -2.11. The number of ether oxygens (including phenoxy) is 1. The van der Waals surface area contributed by atoms with Crippen molar-refractivity contribution in [1.29, 1.82) is 0 Å². The fourth-order valence-electron chi connectivity index (χ4n) is 3.65. The Morgan fingerprint density at radius 3 is 1.29 bits per heavy atom. The maximum atomic E-state index is 10.3. The normalized spacial score (nSPS) is 10.4. The second kappa shape index (κ2) is 11.0. The third kappa shape index (κ3) is 5.84. The molecule has 0 unspecified atom stereocenters. The lowest BCUT2D eigenvalue weighted by molar-refractivity contribution is 0.477. The summed E-state index contributed by atoms with van der Waals surface area (Å²) >= 11 is 0. The number of phenols is 2. The molecule has 0 radical (unpaired) electrons. The molecule has 4 N–H and O–H groups in total. The number of benzene rings is 4. The maximum Gasteiger partial charge on any atom is 0.139 e. The van der Waals surface area contributed by atoms with E-state index < -0.39 is 0 Å². The first-order chi connectivity index (χ1) is 17.1. The first kappa shape index (κ1) is 23.5. The van der Waals surface area contributed by atoms with Gasteiger partial charge in [0.1, 0.15) is 23.0 Å². The molecule has 0 aromatic heterocycles. The molecule has 5 nitrogen and oxygen atoms in total. The van der Waals surface area contributed by atoms with Gasteiger partial charge in [0, 0.05) is 13.1 Å². The molecule has 35 heavy (non-hydrogen) atoms. The number of nitrogens with one attached hydrogen (secondary N) is 2. The molecule has 5 heteroatoms. The molecule has 0 saturated carbocycles. The van der Waals surface area contributed by atoms with Crippen molar-refractivity contribution in [2.45, 2.75) is 0 Å². The Bertz CT molecular complexity index is 1210. The van der Waals surface area contributed by atoms with Crippen LogP contribution in [-0.4, -0.2) is 23.3 Å². The van der Waals surface area contributed by atoms with E-state index in [2.05, 4.69) is 23.8 Å². The van der Waals surface area contributed by atoms with E-state index in [1.165, 1.54) is 0 Å². The van der Waals surface area contributed by atoms with E-state index in [1.807, 2.05) is 72.8 Å². The first-order valence-electron chi connectivity index (χ1n) is 11.3. The monoisotopic (exact) mass is 464 g/mol. The van der Waals surface area contributed by atoms with E-state index in [4.69, 9.17) is 4.74 Å². The molecule has 0 bridgehead atoms. The van der Waals surface area contributed by atoms with Crippen LogP contribution in [-0.2, 0) is 0 Å². The van der Waals surface area contributed by atoms with Crippen LogP contribution in [0.1, 0.15) is 0 Å². The summed E-state index contributed by atoms with van der Waals surface area (Å²) in [6.45, 7) is 8.51. The molecule has 0 aliphatic rings. The van der Waals surface area contributed by atoms with Crippen LogP contribution in [0.15, 0.2) is 110 Å². The van der Waals surface area contributed by atoms with E-state index in [1.54, 1.807) is 24.3 Å². The zero-order valence-corrected chi connectivity index (χ0v) is 19.4. The number of aromatic hydroxyl groups is 2. The number of hydrogen-bond donors (Lipinski definition) is 4. The van der Waals surface area contributed by atoms with Gasteiger partial charge in [-0.1, -0.05) is 48.6 Å². The van der Waals surface area contributed by atoms with E-state index in [0.29, 0.717) is 36.0 Å². The van der Waals surface area contributed by atoms with Crippen LogP contribution < -0.4 is 15.4 Å². The Morgan fingerprint density at radius 2 is 0.943 bits per heavy atom. The van der Waals surface area contributed by atoms with E-state index in [0.717, 1.165) is 22.3 Å². The van der Waals surface area contributed by atoms with Crippen molar-refractivity contribution in [1.82, 2.24) is 0 Å². The number of rotatable bonds is 10. The summed E-state index contributed by atoms with van der Waals surface area (Å²) in [4.78, 5) is 0. The summed E-state index contributed by atoms with van der Waals surface area (Å²) < 4.78 is 6.00. The van der Waals surface area contributed by atoms with Crippen LogP contribution in [0, 0.1) is 0 Å². The fourth-order valence-corrected chi connectivity index (χ4v) is 3.65. The molecule has 0 fully saturated rings. The summed E-state index contributed by atoms with van der Waals surface area (Å²) in [6, 6.07) is 26.5. The standard InChI is InChI=1S/C30H28N2O3/c1-3-17-31-27-15-9-23(19-29(27)33)21-5-11-25(12-6-21)35-26-13-7-22(8-14-26)24-10-16-28(30(34)20-24)32-18-4-2/h3-16,19-20,31-34H,1-2,17-18H2. The van der Waals surface area contributed by atoms with Gasteiger partial charge in [0.2, 0.25) is 0 Å². The average Bonchev–Trinajstić information content (AvgIpc) is 2.88. The minimum Gasteiger partial charge on any atom is -0.506 e. The van der Waals surface area contributed by atoms with Gasteiger partial charge in [-0.2, -0.15) is 0 Å². The largest absolute Gasteiger partial charge is 0.506 e. The lowest BCUT2D eigenvalue weighted by Crippen LogP contribution is -1.97. The molecule has 0 aliphatic carbocycles. The van der Waals surface area contributed by atoms with Crippen molar-refractivity contribution in [2.75, 3.05) is 23.7 Å². The lowest BCUT2D eigenvalue weighted by atomic mass is 10.0. The second-order valence-electron chi connectivity index (χ2n) is 7.95. The van der Waals surface area contributed by atoms with Crippen molar-refractivity contribution in [2.24, 2.45) is 0 Å². The molecular weight excluding hydrogens is 436 g/mol. The quantitative estimate of drug-likeness (QED) is 0.145. The fraction of sp³-hybridized carbons (Fsp3) is 0.0667. The molecule has 176 valence electrons. The first-order valence-corrected chi connectivity index (χ1v) is 11.3. The van der Waals surface area contributed by atoms with Gasteiger partial charge in [-0.3, -0.25) is 0 Å². The second-order valence-corrected chi connectivity index (χ2v) is 7.95. The summed E-state index contributed by atoms with van der Waals surface area (Å²) in [6.07, 6.45) is 3.48. The molecule has 4 aromatic carbocycles. The highest BCUT2D eigenvalue weighted by atomic mass is 16.5. The number of anilines is 2. The van der Waals surface area contributed by atoms with Crippen LogP contribution in [0.25, 0.3) is 22.3 Å². The van der Waals surface area contributed by atoms with Crippen molar-refractivity contribution in [3.8, 4) is 45.3 Å². The maximum absolute atomic E-state index is 10.3. The Hall–Kier alpha value is -4.64. The van der Waals surface area contributed by atoms with Crippen molar-refractivity contribution in [3.05, 3.63) is 110 Å². The van der Waals surface area contributed by atoms with Crippen LogP contribution in [0.4, 0.5) is 11.4 Å². The summed E-state index contributed by atoms with van der Waals surface area (Å²) in [7, 11) is 0. The molecule has 0 heterocycles. The molecule has 4 rings (SSSR count). The van der Waals surface area contributed by atoms with Crippen LogP contribution >= 0.6 is 0 Å². The smallest absolute Gasteiger partial charge is 0.139 e. The Labute approximate surface area is 205 Å². The van der Waals surface area contributed by atoms with E-state index in [9.17, 15) is 10.2 Å². The third-order valence-electron chi connectivity index (χ3n) is 5.48. The number of hydrogen-bond acceptors (Lipinski definition) is 5. The van der Waals surface area contributed by atoms with Crippen LogP contribution in [0.2, 0.25) is 0 Å². The molecule has 0 saturated heterocycles. The summed E-state index contributed by atoms with van der Waals surface area (Å²) in [5, 5.41) is 26.7. The molecule has 0 spiro atoms. The minimum atomic E-state index is 0.195. The Morgan fingerprint density at radius 1 is 0.571 bits per heavy atom. The van der Waals surface area contributed by atoms with Crippen LogP contribution in [0.5, 0.6) is 23.0 Å². The van der Waals surface area contributed by atoms with Gasteiger partial charge in [0.05, 0.1) is 11.4 Å². The number of phenolic OH excluding ortho intramolecular Hbond substituents is 2. The topological polar surface area (TPSA) is 73.8 Å². The highest BCUT2D eigenvalue weighted by Crippen LogP contribution is 2.33. The summed E-state index contributed by atoms with van der Waals surface area (Å²) in [5.74, 6) is 1.82. The molecule has 0 aliphatic heterocycles. The van der Waals surface area contributed by atoms with Gasteiger partial charge in [0.15, 0.2) is 0 Å². The van der Waals surface area contributed by atoms with Gasteiger partial charge in [-0.15, -0.1) is 13.2 Å². The SMILES string of the molecule is C=CCNc1ccc(-c2ccc(Oc3ccc(-c4ccc(NCC=C)c(O)c4)cc3)cc2)cc1O. The van der Waals surface area contributed by atoms with Crippen LogP contribution in [0.3, 0.4) is 0 Å². The zero-order chi connectivity index (χ0) is 24.6. The minimum absolute atomic E-state index is 0.195.